The molecule has 1 aliphatic carbocycles. The molecule has 1 aromatic rings. The van der Waals surface area contributed by atoms with Crippen molar-refractivity contribution in [3.63, 3.8) is 0 Å². The van der Waals surface area contributed by atoms with Crippen LogP contribution in [-0.4, -0.2) is 60.6 Å². The standard InChI is InChI=1S/C19H26N2O4/c1-25-15-7-5-14(6-8-15)17(22)19(24)9-3-2-4-16(19)18(23)21-12-10-20-11-13-21/h5-8,16,20,24H,2-4,9-13H2,1H3. The first-order valence-corrected chi connectivity index (χ1v) is 8.97. The van der Waals surface area contributed by atoms with Gasteiger partial charge in [0, 0.05) is 31.7 Å². The van der Waals surface area contributed by atoms with E-state index >= 15 is 0 Å². The first-order valence-electron chi connectivity index (χ1n) is 8.97. The molecule has 6 heteroatoms. The number of benzene rings is 1. The van der Waals surface area contributed by atoms with Crippen LogP contribution in [0.2, 0.25) is 0 Å². The quantitative estimate of drug-likeness (QED) is 0.802. The van der Waals surface area contributed by atoms with Gasteiger partial charge in [-0.05, 0) is 37.1 Å². The van der Waals surface area contributed by atoms with E-state index in [1.165, 1.54) is 0 Å². The number of ketones is 1. The summed E-state index contributed by atoms with van der Waals surface area (Å²) in [6, 6.07) is 6.71. The maximum atomic E-state index is 13.0. The van der Waals surface area contributed by atoms with E-state index in [1.54, 1.807) is 36.3 Å². The molecule has 1 saturated carbocycles. The number of piperazine rings is 1. The second-order valence-corrected chi connectivity index (χ2v) is 6.86. The highest BCUT2D eigenvalue weighted by Crippen LogP contribution is 2.38. The number of nitrogens with zero attached hydrogens (tertiary/aromatic N) is 1. The van der Waals surface area contributed by atoms with Gasteiger partial charge < -0.3 is 20.1 Å². The number of carbonyl (C=O) groups is 2. The number of nitrogens with one attached hydrogen (secondary N) is 1. The van der Waals surface area contributed by atoms with E-state index in [-0.39, 0.29) is 11.7 Å². The molecule has 1 aromatic carbocycles. The van der Waals surface area contributed by atoms with Crippen LogP contribution in [-0.2, 0) is 4.79 Å². The van der Waals surface area contributed by atoms with E-state index in [0.29, 0.717) is 37.2 Å². The highest BCUT2D eigenvalue weighted by Gasteiger charge is 2.50. The van der Waals surface area contributed by atoms with Gasteiger partial charge in [0.05, 0.1) is 13.0 Å². The fourth-order valence-electron chi connectivity index (χ4n) is 3.85. The van der Waals surface area contributed by atoms with Crippen LogP contribution in [0, 0.1) is 5.92 Å². The first-order chi connectivity index (χ1) is 12.1. The topological polar surface area (TPSA) is 78.9 Å². The van der Waals surface area contributed by atoms with Crippen molar-refractivity contribution in [2.24, 2.45) is 5.92 Å². The molecule has 0 aromatic heterocycles. The minimum Gasteiger partial charge on any atom is -0.497 e. The first kappa shape index (κ1) is 17.9. The molecular weight excluding hydrogens is 320 g/mol. The van der Waals surface area contributed by atoms with Crippen LogP contribution in [0.3, 0.4) is 0 Å². The summed E-state index contributed by atoms with van der Waals surface area (Å²) in [6.07, 6.45) is 2.51. The predicted octanol–water partition coefficient (Wildman–Crippen LogP) is 1.23. The number of Topliss-reactive ketones (excluding diaryl/α,β-unsaturated/α-hetero) is 1. The second kappa shape index (κ2) is 7.54. The lowest BCUT2D eigenvalue weighted by Crippen LogP contribution is -2.57. The number of amides is 1. The van der Waals surface area contributed by atoms with Gasteiger partial charge in [0.2, 0.25) is 5.91 Å². The van der Waals surface area contributed by atoms with Gasteiger partial charge in [0.15, 0.2) is 5.78 Å². The normalized spacial score (nSPS) is 27.0. The maximum absolute atomic E-state index is 13.0. The van der Waals surface area contributed by atoms with Crippen LogP contribution < -0.4 is 10.1 Å². The Morgan fingerprint density at radius 2 is 1.88 bits per heavy atom. The lowest BCUT2D eigenvalue weighted by atomic mass is 9.70. The minimum absolute atomic E-state index is 0.0921. The maximum Gasteiger partial charge on any atom is 0.229 e. The second-order valence-electron chi connectivity index (χ2n) is 6.86. The zero-order valence-electron chi connectivity index (χ0n) is 14.7. The third-order valence-electron chi connectivity index (χ3n) is 5.35. The van der Waals surface area contributed by atoms with Gasteiger partial charge in [0.25, 0.3) is 0 Å². The van der Waals surface area contributed by atoms with Gasteiger partial charge in [-0.15, -0.1) is 0 Å². The fourth-order valence-corrected chi connectivity index (χ4v) is 3.85. The van der Waals surface area contributed by atoms with Crippen molar-refractivity contribution in [1.29, 1.82) is 0 Å². The number of aliphatic hydroxyl groups is 1. The lowest BCUT2D eigenvalue weighted by molar-refractivity contribution is -0.146. The molecule has 3 rings (SSSR count). The van der Waals surface area contributed by atoms with E-state index in [9.17, 15) is 14.7 Å². The molecule has 1 amide bonds. The van der Waals surface area contributed by atoms with Gasteiger partial charge >= 0.3 is 0 Å². The van der Waals surface area contributed by atoms with Crippen LogP contribution in [0.4, 0.5) is 0 Å². The Kier molecular flexibility index (Phi) is 5.39. The lowest BCUT2D eigenvalue weighted by Gasteiger charge is -2.41. The zero-order valence-corrected chi connectivity index (χ0v) is 14.7. The summed E-state index contributed by atoms with van der Waals surface area (Å²) < 4.78 is 5.12. The molecule has 2 fully saturated rings. The summed E-state index contributed by atoms with van der Waals surface area (Å²) in [5.41, 5.74) is -1.20. The molecule has 1 aliphatic heterocycles. The highest BCUT2D eigenvalue weighted by atomic mass is 16.5. The molecule has 25 heavy (non-hydrogen) atoms. The Labute approximate surface area is 148 Å². The van der Waals surface area contributed by atoms with E-state index in [0.717, 1.165) is 25.9 Å². The molecule has 0 radical (unpaired) electrons. The Balaban J connectivity index is 1.83. The molecule has 0 spiro atoms. The number of ether oxygens (including phenoxy) is 1. The van der Waals surface area contributed by atoms with Gasteiger partial charge in [0.1, 0.15) is 11.4 Å². The Morgan fingerprint density at radius 1 is 1.20 bits per heavy atom. The van der Waals surface area contributed by atoms with Gasteiger partial charge in [-0.1, -0.05) is 12.8 Å². The van der Waals surface area contributed by atoms with Crippen LogP contribution in [0.15, 0.2) is 24.3 Å². The smallest absolute Gasteiger partial charge is 0.229 e. The Bertz CT molecular complexity index is 625. The summed E-state index contributed by atoms with van der Waals surface area (Å²) in [5, 5.41) is 14.5. The molecule has 2 unspecified atom stereocenters. The molecule has 2 N–H and O–H groups in total. The monoisotopic (exact) mass is 346 g/mol. The van der Waals surface area contributed by atoms with Gasteiger partial charge in [-0.3, -0.25) is 9.59 Å². The average Bonchev–Trinajstić information content (AvgIpc) is 2.68. The number of carbonyl (C=O) groups excluding carboxylic acids is 2. The minimum atomic E-state index is -1.62. The molecular formula is C19H26N2O4. The van der Waals surface area contributed by atoms with Crippen molar-refractivity contribution >= 4 is 11.7 Å². The van der Waals surface area contributed by atoms with E-state index < -0.39 is 11.5 Å². The predicted molar refractivity (Wildman–Crippen MR) is 93.7 cm³/mol. The largest absolute Gasteiger partial charge is 0.497 e. The van der Waals surface area contributed by atoms with Crippen LogP contribution >= 0.6 is 0 Å². The molecule has 6 nitrogen and oxygen atoms in total. The van der Waals surface area contributed by atoms with Crippen molar-refractivity contribution in [1.82, 2.24) is 10.2 Å². The number of hydrogen-bond donors (Lipinski definition) is 2. The van der Waals surface area contributed by atoms with Crippen molar-refractivity contribution in [2.75, 3.05) is 33.3 Å². The molecule has 136 valence electrons. The Hall–Kier alpha value is -1.92. The third kappa shape index (κ3) is 3.55. The molecule has 1 heterocycles. The molecule has 2 aliphatic rings. The van der Waals surface area contributed by atoms with Crippen molar-refractivity contribution in [3.8, 4) is 5.75 Å². The summed E-state index contributed by atoms with van der Waals surface area (Å²) in [5.74, 6) is -0.455. The molecule has 0 bridgehead atoms. The summed E-state index contributed by atoms with van der Waals surface area (Å²) in [4.78, 5) is 27.8. The number of hydrogen-bond acceptors (Lipinski definition) is 5. The van der Waals surface area contributed by atoms with Crippen LogP contribution in [0.1, 0.15) is 36.0 Å². The summed E-state index contributed by atoms with van der Waals surface area (Å²) in [7, 11) is 1.56. The number of rotatable bonds is 4. The summed E-state index contributed by atoms with van der Waals surface area (Å²) >= 11 is 0. The van der Waals surface area contributed by atoms with Gasteiger partial charge in [-0.2, -0.15) is 0 Å². The highest BCUT2D eigenvalue weighted by molar-refractivity contribution is 6.05. The van der Waals surface area contributed by atoms with Crippen molar-refractivity contribution < 1.29 is 19.4 Å². The van der Waals surface area contributed by atoms with Crippen molar-refractivity contribution in [2.45, 2.75) is 31.3 Å². The zero-order chi connectivity index (χ0) is 17.9. The van der Waals surface area contributed by atoms with E-state index in [1.807, 2.05) is 0 Å². The number of methoxy groups -OCH3 is 1. The third-order valence-corrected chi connectivity index (χ3v) is 5.35. The van der Waals surface area contributed by atoms with E-state index in [4.69, 9.17) is 4.74 Å². The SMILES string of the molecule is COc1ccc(C(=O)C2(O)CCCCC2C(=O)N2CCNCC2)cc1. The Morgan fingerprint density at radius 3 is 2.52 bits per heavy atom. The average molecular weight is 346 g/mol. The van der Waals surface area contributed by atoms with Crippen LogP contribution in [0.25, 0.3) is 0 Å². The summed E-state index contributed by atoms with van der Waals surface area (Å²) in [6.45, 7) is 2.76. The van der Waals surface area contributed by atoms with Gasteiger partial charge in [-0.25, -0.2) is 0 Å². The van der Waals surface area contributed by atoms with E-state index in [2.05, 4.69) is 5.32 Å². The molecule has 1 saturated heterocycles. The molecule has 2 atom stereocenters. The fraction of sp³-hybridized carbons (Fsp3) is 0.579. The van der Waals surface area contributed by atoms with Crippen molar-refractivity contribution in [3.05, 3.63) is 29.8 Å². The van der Waals surface area contributed by atoms with Crippen LogP contribution in [0.5, 0.6) is 5.75 Å².